The molecule has 0 spiro atoms. The van der Waals surface area contributed by atoms with Crippen molar-refractivity contribution in [2.24, 2.45) is 0 Å². The van der Waals surface area contributed by atoms with Crippen molar-refractivity contribution >= 4 is 15.9 Å². The monoisotopic (exact) mass is 291 g/mol. The molecule has 16 heavy (non-hydrogen) atoms. The summed E-state index contributed by atoms with van der Waals surface area (Å²) in [4.78, 5) is 0. The van der Waals surface area contributed by atoms with E-state index in [1.807, 2.05) is 0 Å². The molecule has 1 fully saturated rings. The van der Waals surface area contributed by atoms with Crippen LogP contribution in [0.4, 0.5) is 8.78 Å². The van der Waals surface area contributed by atoms with E-state index in [-0.39, 0.29) is 6.61 Å². The Morgan fingerprint density at radius 1 is 1.50 bits per heavy atom. The Balaban J connectivity index is 2.42. The zero-order valence-electron chi connectivity index (χ0n) is 8.60. The minimum absolute atomic E-state index is 0.150. The molecule has 0 radical (unpaired) electrons. The molecule has 1 N–H and O–H groups in total. The van der Waals surface area contributed by atoms with Gasteiger partial charge in [0.2, 0.25) is 0 Å². The molecular formula is C11H12BrF2NO. The average molecular weight is 292 g/mol. The van der Waals surface area contributed by atoms with E-state index in [2.05, 4.69) is 21.2 Å². The van der Waals surface area contributed by atoms with Gasteiger partial charge in [-0.25, -0.2) is 8.78 Å². The van der Waals surface area contributed by atoms with Gasteiger partial charge in [-0.1, -0.05) is 15.9 Å². The van der Waals surface area contributed by atoms with Crippen molar-refractivity contribution in [3.05, 3.63) is 34.1 Å². The van der Waals surface area contributed by atoms with Gasteiger partial charge in [0.25, 0.3) is 0 Å². The molecule has 1 aliphatic rings. The average Bonchev–Trinajstić information content (AvgIpc) is 2.33. The highest BCUT2D eigenvalue weighted by Gasteiger charge is 2.37. The van der Waals surface area contributed by atoms with Crippen LogP contribution in [0, 0.1) is 5.82 Å². The molecule has 0 amide bonds. The molecule has 1 aromatic carbocycles. The molecule has 1 aromatic rings. The van der Waals surface area contributed by atoms with Crippen molar-refractivity contribution in [1.29, 1.82) is 0 Å². The van der Waals surface area contributed by atoms with Crippen LogP contribution in [-0.4, -0.2) is 26.4 Å². The largest absolute Gasteiger partial charge is 0.378 e. The minimum Gasteiger partial charge on any atom is -0.378 e. The molecule has 1 atom stereocenters. The molecule has 1 aliphatic heterocycles. The second-order valence-corrected chi connectivity index (χ2v) is 4.73. The number of ether oxygens (including phenoxy) is 1. The molecule has 2 nitrogen and oxygen atoms in total. The molecule has 1 heterocycles. The smallest absolute Gasteiger partial charge is 0.128 e. The Hall–Kier alpha value is -0.520. The first-order valence-corrected chi connectivity index (χ1v) is 5.81. The van der Waals surface area contributed by atoms with Gasteiger partial charge in [0.1, 0.15) is 12.5 Å². The maximum Gasteiger partial charge on any atom is 0.128 e. The number of halogens is 3. The van der Waals surface area contributed by atoms with Gasteiger partial charge in [-0.05, 0) is 18.2 Å². The summed E-state index contributed by atoms with van der Waals surface area (Å²) in [5.74, 6) is -0.418. The predicted octanol–water partition coefficient (Wildman–Crippen LogP) is 2.37. The fourth-order valence-electron chi connectivity index (χ4n) is 1.85. The quantitative estimate of drug-likeness (QED) is 0.903. The van der Waals surface area contributed by atoms with Crippen LogP contribution in [0.1, 0.15) is 5.56 Å². The maximum absolute atomic E-state index is 13.7. The fourth-order valence-corrected chi connectivity index (χ4v) is 2.22. The molecule has 5 heteroatoms. The first-order valence-electron chi connectivity index (χ1n) is 5.02. The highest BCUT2D eigenvalue weighted by Crippen LogP contribution is 2.29. The number of nitrogens with one attached hydrogen (secondary N) is 1. The molecular weight excluding hydrogens is 280 g/mol. The second kappa shape index (κ2) is 4.77. The number of rotatable bonds is 2. The van der Waals surface area contributed by atoms with Crippen molar-refractivity contribution in [1.82, 2.24) is 5.32 Å². The lowest BCUT2D eigenvalue weighted by Crippen LogP contribution is -2.53. The van der Waals surface area contributed by atoms with E-state index in [4.69, 9.17) is 4.74 Å². The van der Waals surface area contributed by atoms with Gasteiger partial charge >= 0.3 is 0 Å². The van der Waals surface area contributed by atoms with Crippen LogP contribution >= 0.6 is 15.9 Å². The summed E-state index contributed by atoms with van der Waals surface area (Å²) < 4.78 is 32.9. The Morgan fingerprint density at radius 2 is 2.31 bits per heavy atom. The first-order chi connectivity index (χ1) is 7.68. The van der Waals surface area contributed by atoms with Crippen molar-refractivity contribution in [3.8, 4) is 0 Å². The topological polar surface area (TPSA) is 21.3 Å². The van der Waals surface area contributed by atoms with Gasteiger partial charge in [0.15, 0.2) is 0 Å². The van der Waals surface area contributed by atoms with Crippen LogP contribution in [0.3, 0.4) is 0 Å². The number of alkyl halides is 1. The van der Waals surface area contributed by atoms with Crippen molar-refractivity contribution in [2.75, 3.05) is 26.4 Å². The number of benzene rings is 1. The highest BCUT2D eigenvalue weighted by atomic mass is 79.9. The summed E-state index contributed by atoms with van der Waals surface area (Å²) in [6.07, 6.45) is 0. The van der Waals surface area contributed by atoms with Crippen molar-refractivity contribution in [2.45, 2.75) is 5.54 Å². The molecule has 0 saturated carbocycles. The van der Waals surface area contributed by atoms with Crippen LogP contribution in [0.25, 0.3) is 0 Å². The lowest BCUT2D eigenvalue weighted by molar-refractivity contribution is 0.0116. The summed E-state index contributed by atoms with van der Waals surface area (Å²) in [5.41, 5.74) is -0.740. The third-order valence-electron chi connectivity index (χ3n) is 2.73. The number of hydrogen-bond donors (Lipinski definition) is 1. The fraction of sp³-hybridized carbons (Fsp3) is 0.455. The third kappa shape index (κ3) is 2.12. The van der Waals surface area contributed by atoms with E-state index in [9.17, 15) is 8.78 Å². The molecule has 0 aromatic heterocycles. The Bertz CT molecular complexity index is 380. The van der Waals surface area contributed by atoms with Crippen LogP contribution in [0.2, 0.25) is 0 Å². The van der Waals surface area contributed by atoms with Gasteiger partial charge in [-0.2, -0.15) is 0 Å². The Labute approximate surface area is 101 Å². The van der Waals surface area contributed by atoms with Gasteiger partial charge in [-0.3, -0.25) is 0 Å². The van der Waals surface area contributed by atoms with Crippen molar-refractivity contribution < 1.29 is 13.5 Å². The maximum atomic E-state index is 13.7. The summed E-state index contributed by atoms with van der Waals surface area (Å²) in [7, 11) is 0. The highest BCUT2D eigenvalue weighted by molar-refractivity contribution is 9.10. The van der Waals surface area contributed by atoms with E-state index in [1.165, 1.54) is 6.07 Å². The first kappa shape index (κ1) is 12.0. The summed E-state index contributed by atoms with van der Waals surface area (Å²) >= 11 is 3.26. The normalized spacial score (nSPS) is 25.7. The third-order valence-corrected chi connectivity index (χ3v) is 3.22. The molecule has 1 unspecified atom stereocenters. The molecule has 2 rings (SSSR count). The van der Waals surface area contributed by atoms with E-state index in [0.29, 0.717) is 18.7 Å². The van der Waals surface area contributed by atoms with E-state index >= 15 is 0 Å². The summed E-state index contributed by atoms with van der Waals surface area (Å²) in [6.45, 7) is 0.504. The number of morpholine rings is 1. The van der Waals surface area contributed by atoms with Crippen LogP contribution in [-0.2, 0) is 10.3 Å². The lowest BCUT2D eigenvalue weighted by Gasteiger charge is -2.36. The van der Waals surface area contributed by atoms with Crippen molar-refractivity contribution in [3.63, 3.8) is 0 Å². The molecule has 0 aliphatic carbocycles. The molecule has 1 saturated heterocycles. The van der Waals surface area contributed by atoms with E-state index in [1.54, 1.807) is 12.1 Å². The SMILES string of the molecule is FCC1(c2cc(Br)ccc2F)COCCN1. The molecule has 88 valence electrons. The van der Waals surface area contributed by atoms with Crippen LogP contribution in [0.15, 0.2) is 22.7 Å². The zero-order valence-corrected chi connectivity index (χ0v) is 10.2. The van der Waals surface area contributed by atoms with Gasteiger partial charge in [-0.15, -0.1) is 0 Å². The summed E-state index contributed by atoms with van der Waals surface area (Å²) in [5, 5.41) is 3.01. The van der Waals surface area contributed by atoms with E-state index < -0.39 is 18.0 Å². The lowest BCUT2D eigenvalue weighted by atomic mass is 9.90. The van der Waals surface area contributed by atoms with E-state index in [0.717, 1.165) is 4.47 Å². The van der Waals surface area contributed by atoms with Gasteiger partial charge in [0.05, 0.1) is 18.8 Å². The summed E-state index contributed by atoms with van der Waals surface area (Å²) in [6, 6.07) is 4.51. The molecule has 0 bridgehead atoms. The predicted molar refractivity (Wildman–Crippen MR) is 60.6 cm³/mol. The van der Waals surface area contributed by atoms with Crippen LogP contribution in [0.5, 0.6) is 0 Å². The van der Waals surface area contributed by atoms with Crippen LogP contribution < -0.4 is 5.32 Å². The minimum atomic E-state index is -1.05. The number of hydrogen-bond acceptors (Lipinski definition) is 2. The zero-order chi connectivity index (χ0) is 11.6. The van der Waals surface area contributed by atoms with Gasteiger partial charge < -0.3 is 10.1 Å². The van der Waals surface area contributed by atoms with Gasteiger partial charge in [0, 0.05) is 16.6 Å². The second-order valence-electron chi connectivity index (χ2n) is 3.82. The Morgan fingerprint density at radius 3 is 2.94 bits per heavy atom. The Kier molecular flexibility index (Phi) is 3.56. The standard InChI is InChI=1S/C11H12BrF2NO/c12-8-1-2-10(14)9(5-8)11(6-13)7-16-4-3-15-11/h1-2,5,15H,3-4,6-7H2.